The molecule has 138 valence electrons. The summed E-state index contributed by atoms with van der Waals surface area (Å²) in [5, 5.41) is 4.02. The lowest BCUT2D eigenvalue weighted by molar-refractivity contribution is 1.28. The Hall–Kier alpha value is -4.32. The zero-order valence-electron chi connectivity index (χ0n) is 15.6. The summed E-state index contributed by atoms with van der Waals surface area (Å²) in [6.45, 7) is 0. The maximum Gasteiger partial charge on any atom is 0.155 e. The molecule has 5 aromatic heterocycles. The molecule has 0 saturated heterocycles. The van der Waals surface area contributed by atoms with Crippen LogP contribution in [0.5, 0.6) is 0 Å². The van der Waals surface area contributed by atoms with Crippen molar-refractivity contribution in [3.8, 4) is 0 Å². The lowest BCUT2D eigenvalue weighted by Crippen LogP contribution is -1.92. The van der Waals surface area contributed by atoms with Crippen LogP contribution in [0.4, 0.5) is 0 Å². The van der Waals surface area contributed by atoms with Gasteiger partial charge in [-0.2, -0.15) is 0 Å². The van der Waals surface area contributed by atoms with Crippen LogP contribution in [0.25, 0.3) is 66.2 Å². The molecule has 6 nitrogen and oxygen atoms in total. The van der Waals surface area contributed by atoms with E-state index in [0.717, 1.165) is 43.6 Å². The van der Waals surface area contributed by atoms with Crippen molar-refractivity contribution in [1.82, 2.24) is 29.9 Å². The van der Waals surface area contributed by atoms with Gasteiger partial charge >= 0.3 is 0 Å². The second-order valence-corrected chi connectivity index (χ2v) is 7.32. The Bertz CT molecular complexity index is 1550. The van der Waals surface area contributed by atoms with Gasteiger partial charge in [0.05, 0.1) is 22.1 Å². The molecule has 6 heteroatoms. The highest BCUT2D eigenvalue weighted by atomic mass is 14.9. The largest absolute Gasteiger partial charge is 0.226 e. The molecule has 0 aliphatic carbocycles. The van der Waals surface area contributed by atoms with E-state index in [9.17, 15) is 0 Å². The molecule has 8 bridgehead atoms. The number of pyridine rings is 4. The van der Waals surface area contributed by atoms with Crippen molar-refractivity contribution in [2.45, 2.75) is 0 Å². The first-order chi connectivity index (χ1) is 14.8. The Morgan fingerprint density at radius 3 is 0.767 bits per heavy atom. The van der Waals surface area contributed by atoms with Crippen LogP contribution < -0.4 is 0 Å². The molecule has 0 radical (unpaired) electrons. The van der Waals surface area contributed by atoms with Gasteiger partial charge in [-0.15, -0.1) is 0 Å². The average molecular weight is 384 g/mol. The summed E-state index contributed by atoms with van der Waals surface area (Å²) >= 11 is 0. The molecule has 0 fully saturated rings. The second kappa shape index (κ2) is 5.61. The molecule has 0 amide bonds. The number of hydrogen-bond donors (Lipinski definition) is 0. The van der Waals surface area contributed by atoms with E-state index < -0.39 is 0 Å². The van der Waals surface area contributed by atoms with Crippen molar-refractivity contribution in [3.05, 3.63) is 72.8 Å². The highest BCUT2D eigenvalue weighted by Gasteiger charge is 2.07. The Labute approximate surface area is 169 Å². The second-order valence-electron chi connectivity index (χ2n) is 7.32. The summed E-state index contributed by atoms with van der Waals surface area (Å²) in [4.78, 5) is 28.5. The molecule has 7 rings (SSSR count). The van der Waals surface area contributed by atoms with Crippen LogP contribution in [0.15, 0.2) is 72.8 Å². The summed E-state index contributed by atoms with van der Waals surface area (Å²) in [6.07, 6.45) is 0. The van der Waals surface area contributed by atoms with E-state index in [2.05, 4.69) is 0 Å². The van der Waals surface area contributed by atoms with Gasteiger partial charge in [0.2, 0.25) is 0 Å². The minimum Gasteiger partial charge on any atom is -0.226 e. The minimum atomic E-state index is 0.594. The fourth-order valence-corrected chi connectivity index (χ4v) is 3.98. The normalized spacial score (nSPS) is 12.0. The molecule has 0 aliphatic rings. The first-order valence-electron chi connectivity index (χ1n) is 9.65. The summed E-state index contributed by atoms with van der Waals surface area (Å²) < 4.78 is 0. The molecule has 2 aromatic carbocycles. The third-order valence-electron chi connectivity index (χ3n) is 5.44. The van der Waals surface area contributed by atoms with Crippen LogP contribution >= 0.6 is 0 Å². The van der Waals surface area contributed by atoms with Crippen LogP contribution in [0, 0.1) is 0 Å². The molecular formula is C24H12N6. The summed E-state index contributed by atoms with van der Waals surface area (Å²) in [5.41, 5.74) is 5.57. The average Bonchev–Trinajstić information content (AvgIpc) is 2.78. The molecule has 0 aliphatic heterocycles. The molecule has 0 atom stereocenters. The van der Waals surface area contributed by atoms with Gasteiger partial charge in [-0.05, 0) is 48.5 Å². The monoisotopic (exact) mass is 384 g/mol. The van der Waals surface area contributed by atoms with Crippen LogP contribution in [-0.2, 0) is 0 Å². The van der Waals surface area contributed by atoms with Gasteiger partial charge in [0.25, 0.3) is 0 Å². The third kappa shape index (κ3) is 2.24. The number of aromatic nitrogens is 6. The fraction of sp³-hybridized carbons (Fsp3) is 0. The standard InChI is InChI=1S/C24H12N6/c1-2-14-6-10-18-26-20-12-8-16-4-3-15-7-11-19(29-23(15)24(16)30-20)25-17-9-5-13(1)21(27-17)22(14)28-18/h1-12H. The van der Waals surface area contributed by atoms with Crippen molar-refractivity contribution in [2.75, 3.05) is 0 Å². The van der Waals surface area contributed by atoms with Crippen LogP contribution in [0.2, 0.25) is 0 Å². The topological polar surface area (TPSA) is 77.3 Å². The minimum absolute atomic E-state index is 0.594. The Balaban J connectivity index is 1.78. The van der Waals surface area contributed by atoms with Crippen LogP contribution in [0.3, 0.4) is 0 Å². The zero-order valence-corrected chi connectivity index (χ0v) is 15.6. The van der Waals surface area contributed by atoms with Crippen LogP contribution in [-0.4, -0.2) is 29.9 Å². The lowest BCUT2D eigenvalue weighted by atomic mass is 10.1. The van der Waals surface area contributed by atoms with Crippen molar-refractivity contribution in [3.63, 3.8) is 0 Å². The van der Waals surface area contributed by atoms with Crippen molar-refractivity contribution in [1.29, 1.82) is 0 Å². The highest BCUT2D eigenvalue weighted by molar-refractivity contribution is 6.05. The van der Waals surface area contributed by atoms with Gasteiger partial charge in [0.1, 0.15) is 0 Å². The van der Waals surface area contributed by atoms with Gasteiger partial charge in [-0.1, -0.05) is 24.3 Å². The first-order valence-corrected chi connectivity index (χ1v) is 9.65. The molecule has 0 spiro atoms. The summed E-state index contributed by atoms with van der Waals surface area (Å²) in [7, 11) is 0. The molecular weight excluding hydrogens is 372 g/mol. The summed E-state index contributed by atoms with van der Waals surface area (Å²) in [5.74, 6) is 0. The van der Waals surface area contributed by atoms with Crippen molar-refractivity contribution < 1.29 is 0 Å². The van der Waals surface area contributed by atoms with Gasteiger partial charge < -0.3 is 0 Å². The van der Waals surface area contributed by atoms with E-state index in [0.29, 0.717) is 22.6 Å². The van der Waals surface area contributed by atoms with Gasteiger partial charge in [0, 0.05) is 21.5 Å². The van der Waals surface area contributed by atoms with Crippen molar-refractivity contribution in [2.24, 2.45) is 0 Å². The Morgan fingerprint density at radius 2 is 0.500 bits per heavy atom. The number of fused-ring (bicyclic) bond motifs is 4. The van der Waals surface area contributed by atoms with Crippen molar-refractivity contribution >= 4 is 66.2 Å². The molecule has 7 aromatic rings. The van der Waals surface area contributed by atoms with Gasteiger partial charge in [0.15, 0.2) is 22.6 Å². The smallest absolute Gasteiger partial charge is 0.155 e. The van der Waals surface area contributed by atoms with E-state index in [4.69, 9.17) is 29.9 Å². The predicted octanol–water partition coefficient (Wildman–Crippen LogP) is 4.98. The van der Waals surface area contributed by atoms with Crippen LogP contribution in [0.1, 0.15) is 0 Å². The first kappa shape index (κ1) is 15.6. The van der Waals surface area contributed by atoms with Gasteiger partial charge in [-0.3, -0.25) is 0 Å². The summed E-state index contributed by atoms with van der Waals surface area (Å²) in [6, 6.07) is 23.9. The third-order valence-corrected chi connectivity index (χ3v) is 5.44. The number of hydrogen-bond acceptors (Lipinski definition) is 6. The number of benzene rings is 2. The number of nitrogens with zero attached hydrogens (tertiary/aromatic N) is 6. The van der Waals surface area contributed by atoms with E-state index >= 15 is 0 Å². The fourth-order valence-electron chi connectivity index (χ4n) is 3.98. The Kier molecular flexibility index (Phi) is 2.91. The lowest BCUT2D eigenvalue weighted by Gasteiger charge is -2.04. The molecule has 0 unspecified atom stereocenters. The zero-order chi connectivity index (χ0) is 19.7. The molecule has 0 saturated carbocycles. The molecule has 30 heavy (non-hydrogen) atoms. The maximum absolute atomic E-state index is 4.79. The SMILES string of the molecule is c1cc2ccc3ccc4nc5ccc6ccc7ccc(nc1nc2c3n4)nc7c6n5. The van der Waals surface area contributed by atoms with E-state index in [1.54, 1.807) is 0 Å². The van der Waals surface area contributed by atoms with E-state index in [1.165, 1.54) is 0 Å². The van der Waals surface area contributed by atoms with E-state index in [1.807, 2.05) is 72.8 Å². The Morgan fingerprint density at radius 1 is 0.267 bits per heavy atom. The van der Waals surface area contributed by atoms with E-state index in [-0.39, 0.29) is 0 Å². The molecule has 5 heterocycles. The maximum atomic E-state index is 4.79. The quantitative estimate of drug-likeness (QED) is 0.343. The van der Waals surface area contributed by atoms with Gasteiger partial charge in [-0.25, -0.2) is 29.9 Å². The molecule has 0 N–H and O–H groups in total. The number of rotatable bonds is 0. The predicted molar refractivity (Wildman–Crippen MR) is 118 cm³/mol. The highest BCUT2D eigenvalue weighted by Crippen LogP contribution is 2.25.